The normalized spacial score (nSPS) is 18.4. The van der Waals surface area contributed by atoms with Crippen LogP contribution >= 0.6 is 0 Å². The highest BCUT2D eigenvalue weighted by Crippen LogP contribution is 2.38. The highest BCUT2D eigenvalue weighted by Gasteiger charge is 2.37. The summed E-state index contributed by atoms with van der Waals surface area (Å²) in [6.07, 6.45) is -3.46. The molecule has 1 aliphatic rings. The van der Waals surface area contributed by atoms with Crippen LogP contribution in [-0.2, 0) is 15.9 Å². The molecule has 1 aliphatic heterocycles. The third-order valence-electron chi connectivity index (χ3n) is 4.88. The van der Waals surface area contributed by atoms with E-state index in [1.807, 2.05) is 6.07 Å². The van der Waals surface area contributed by atoms with Crippen molar-refractivity contribution in [3.63, 3.8) is 0 Å². The Kier molecular flexibility index (Phi) is 5.73. The van der Waals surface area contributed by atoms with Crippen LogP contribution in [0.4, 0.5) is 23.7 Å². The van der Waals surface area contributed by atoms with E-state index in [1.54, 1.807) is 0 Å². The van der Waals surface area contributed by atoms with E-state index in [4.69, 9.17) is 16.6 Å². The van der Waals surface area contributed by atoms with Crippen molar-refractivity contribution < 1.29 is 22.2 Å². The van der Waals surface area contributed by atoms with Crippen molar-refractivity contribution in [2.24, 2.45) is 0 Å². The number of carbonyl (C=O) groups excluding carboxylic acids is 1. The molecule has 0 aliphatic carbocycles. The van der Waals surface area contributed by atoms with Crippen molar-refractivity contribution in [2.75, 3.05) is 11.2 Å². The second-order valence-electron chi connectivity index (χ2n) is 7.06. The number of benzene rings is 2. The molecule has 32 heavy (non-hydrogen) atoms. The summed E-state index contributed by atoms with van der Waals surface area (Å²) in [5.41, 5.74) is -0.588. The van der Waals surface area contributed by atoms with Gasteiger partial charge in [-0.15, -0.1) is 0 Å². The molecule has 0 saturated heterocycles. The van der Waals surface area contributed by atoms with Crippen molar-refractivity contribution in [1.82, 2.24) is 5.32 Å². The van der Waals surface area contributed by atoms with Crippen LogP contribution in [0.15, 0.2) is 58.8 Å². The van der Waals surface area contributed by atoms with Crippen molar-refractivity contribution in [3.8, 4) is 6.07 Å². The molecule has 0 fully saturated rings. The number of alkyl halides is 3. The lowest BCUT2D eigenvalue weighted by molar-refractivity contribution is -0.137. The maximum atomic E-state index is 13.1. The quantitative estimate of drug-likeness (QED) is 0.629. The van der Waals surface area contributed by atoms with Crippen LogP contribution in [0, 0.1) is 22.7 Å². The van der Waals surface area contributed by atoms with Gasteiger partial charge in [0.25, 0.3) is 0 Å². The highest BCUT2D eigenvalue weighted by molar-refractivity contribution is 7.91. The number of urea groups is 1. The molecule has 2 aromatic carbocycles. The van der Waals surface area contributed by atoms with E-state index in [-0.39, 0.29) is 33.1 Å². The second-order valence-corrected chi connectivity index (χ2v) is 9.18. The molecule has 1 heterocycles. The fraction of sp³-hybridized carbons (Fsp3) is 0.190. The van der Waals surface area contributed by atoms with Crippen molar-refractivity contribution in [1.29, 1.82) is 10.0 Å². The van der Waals surface area contributed by atoms with E-state index in [9.17, 15) is 22.2 Å². The molecule has 0 radical (unpaired) electrons. The largest absolute Gasteiger partial charge is 0.416 e. The van der Waals surface area contributed by atoms with E-state index in [2.05, 4.69) is 10.2 Å². The molecule has 3 rings (SSSR count). The number of amides is 2. The number of nitriles is 1. The lowest BCUT2D eigenvalue weighted by atomic mass is 9.99. The highest BCUT2D eigenvalue weighted by atomic mass is 32.2. The molecule has 0 spiro atoms. The number of nitrogens with zero attached hydrogens (tertiary/aromatic N) is 3. The van der Waals surface area contributed by atoms with Crippen LogP contribution in [0.1, 0.15) is 29.7 Å². The molecule has 7 nitrogen and oxygen atoms in total. The molecule has 164 valence electrons. The molecular formula is C21H16F3N5O2S. The zero-order valence-electron chi connectivity index (χ0n) is 16.8. The third kappa shape index (κ3) is 4.15. The van der Waals surface area contributed by atoms with Gasteiger partial charge >= 0.3 is 12.2 Å². The fourth-order valence-electron chi connectivity index (χ4n) is 3.41. The van der Waals surface area contributed by atoms with Crippen LogP contribution in [0.5, 0.6) is 0 Å². The zero-order valence-corrected chi connectivity index (χ0v) is 17.6. The summed E-state index contributed by atoms with van der Waals surface area (Å²) in [7, 11) is -3.34. The minimum atomic E-state index is -4.61. The predicted molar refractivity (Wildman–Crippen MR) is 111 cm³/mol. The predicted octanol–water partition coefficient (Wildman–Crippen LogP) is 5.03. The van der Waals surface area contributed by atoms with Crippen molar-refractivity contribution >= 4 is 21.4 Å². The van der Waals surface area contributed by atoms with Gasteiger partial charge in [-0.1, -0.05) is 12.1 Å². The Bertz CT molecular complexity index is 1330. The van der Waals surface area contributed by atoms with E-state index >= 15 is 0 Å². The monoisotopic (exact) mass is 459 g/mol. The van der Waals surface area contributed by atoms with Gasteiger partial charge in [0.1, 0.15) is 0 Å². The van der Waals surface area contributed by atoms with Gasteiger partial charge in [-0.3, -0.25) is 4.90 Å². The fourth-order valence-corrected chi connectivity index (χ4v) is 4.40. The zero-order chi connectivity index (χ0) is 23.8. The van der Waals surface area contributed by atoms with Gasteiger partial charge in [-0.2, -0.15) is 18.4 Å². The number of carbonyl (C=O) groups is 1. The van der Waals surface area contributed by atoms with Crippen LogP contribution < -0.4 is 10.2 Å². The Hall–Kier alpha value is -3.83. The Morgan fingerprint density at radius 1 is 1.28 bits per heavy atom. The molecule has 0 unspecified atom stereocenters. The maximum Gasteiger partial charge on any atom is 0.416 e. The number of rotatable bonds is 3. The summed E-state index contributed by atoms with van der Waals surface area (Å²) in [5.74, 6) is 0. The topological polar surface area (TPSA) is 101 Å². The first-order valence-corrected chi connectivity index (χ1v) is 11.0. The van der Waals surface area contributed by atoms with E-state index in [0.717, 1.165) is 29.4 Å². The Labute approximate surface area is 182 Å². The molecule has 0 aromatic heterocycles. The second kappa shape index (κ2) is 8.02. The number of halogens is 3. The third-order valence-corrected chi connectivity index (χ3v) is 6.07. The SMILES string of the molecule is [C-]#[N+]C1=C(C)N(c2cccc(C(F)(F)F)c2)C(=O)N[C@@H]1c1ccc(C#N)cc1[S@@](C)(=N)=O. The number of anilines is 1. The van der Waals surface area contributed by atoms with Crippen LogP contribution in [0.2, 0.25) is 0 Å². The number of hydrogen-bond acceptors (Lipinski definition) is 4. The molecule has 0 saturated carbocycles. The molecule has 2 N–H and O–H groups in total. The summed E-state index contributed by atoms with van der Waals surface area (Å²) < 4.78 is 59.9. The van der Waals surface area contributed by atoms with Crippen molar-refractivity contribution in [3.05, 3.63) is 82.0 Å². The average molecular weight is 459 g/mol. The van der Waals surface area contributed by atoms with Crippen LogP contribution in [-0.4, -0.2) is 16.5 Å². The van der Waals surface area contributed by atoms with E-state index in [0.29, 0.717) is 0 Å². The summed E-state index contributed by atoms with van der Waals surface area (Å²) in [6.45, 7) is 9.03. The first-order chi connectivity index (χ1) is 14.9. The molecule has 2 amide bonds. The van der Waals surface area contributed by atoms with Crippen LogP contribution in [0.3, 0.4) is 0 Å². The first-order valence-electron chi connectivity index (χ1n) is 9.02. The van der Waals surface area contributed by atoms with Gasteiger partial charge in [0.2, 0.25) is 5.70 Å². The molecule has 2 atom stereocenters. The summed E-state index contributed by atoms with van der Waals surface area (Å²) in [6, 6.07) is 8.26. The van der Waals surface area contributed by atoms with Crippen LogP contribution in [0.25, 0.3) is 4.85 Å². The van der Waals surface area contributed by atoms with E-state index < -0.39 is 33.5 Å². The standard InChI is InChI=1S/C21H16F3N5O2S/c1-12-18(27-2)19(16-8-7-13(11-25)9-17(16)32(3,26)31)28-20(30)29(12)15-6-4-5-14(10-15)21(22,23)24/h4-10,19,26H,1,3H3,(H,28,30)/t19-,32+/m1/s1. The lowest BCUT2D eigenvalue weighted by Crippen LogP contribution is -2.46. The minimum absolute atomic E-state index is 0.0108. The molecule has 0 bridgehead atoms. The smallest absolute Gasteiger partial charge is 0.335 e. The average Bonchev–Trinajstić information content (AvgIpc) is 2.72. The minimum Gasteiger partial charge on any atom is -0.335 e. The Morgan fingerprint density at radius 3 is 2.53 bits per heavy atom. The van der Waals surface area contributed by atoms with E-state index in [1.165, 1.54) is 31.2 Å². The van der Waals surface area contributed by atoms with Gasteiger partial charge in [-0.25, -0.2) is 18.6 Å². The maximum absolute atomic E-state index is 13.1. The summed E-state index contributed by atoms with van der Waals surface area (Å²) >= 11 is 0. The summed E-state index contributed by atoms with van der Waals surface area (Å²) in [4.78, 5) is 17.3. The van der Waals surface area contributed by atoms with Gasteiger partial charge in [0.15, 0.2) is 0 Å². The number of allylic oxidation sites excluding steroid dienone is 1. The first kappa shape index (κ1) is 22.8. The van der Waals surface area contributed by atoms with Crippen molar-refractivity contribution in [2.45, 2.75) is 24.0 Å². The van der Waals surface area contributed by atoms with Gasteiger partial charge in [0.05, 0.1) is 44.4 Å². The summed E-state index contributed by atoms with van der Waals surface area (Å²) in [5, 5.41) is 11.7. The van der Waals surface area contributed by atoms with Gasteiger partial charge in [0, 0.05) is 17.6 Å². The molecular weight excluding hydrogens is 443 g/mol. The van der Waals surface area contributed by atoms with Gasteiger partial charge < -0.3 is 5.32 Å². The Morgan fingerprint density at radius 2 is 1.97 bits per heavy atom. The van der Waals surface area contributed by atoms with Gasteiger partial charge in [-0.05, 0) is 42.8 Å². The molecule has 11 heteroatoms. The number of nitrogens with one attached hydrogen (secondary N) is 2. The molecule has 2 aromatic rings. The number of hydrogen-bond donors (Lipinski definition) is 2. The lowest BCUT2D eigenvalue weighted by Gasteiger charge is -2.35. The Balaban J connectivity index is 2.19.